The lowest BCUT2D eigenvalue weighted by molar-refractivity contribution is -0.129. The first-order valence-corrected chi connectivity index (χ1v) is 10.9. The van der Waals surface area contributed by atoms with Gasteiger partial charge in [0, 0.05) is 26.2 Å². The molecule has 1 fully saturated rings. The lowest BCUT2D eigenvalue weighted by Crippen LogP contribution is -2.52. The number of aromatic nitrogens is 3. The third kappa shape index (κ3) is 4.63. The maximum absolute atomic E-state index is 12.3. The van der Waals surface area contributed by atoms with E-state index in [0.29, 0.717) is 29.6 Å². The second kappa shape index (κ2) is 9.55. The zero-order chi connectivity index (χ0) is 21.8. The minimum absolute atomic E-state index is 0.0906. The molecule has 1 unspecified atom stereocenters. The summed E-state index contributed by atoms with van der Waals surface area (Å²) < 4.78 is 2.25. The molecule has 1 aliphatic rings. The normalized spacial score (nSPS) is 19.4. The van der Waals surface area contributed by atoms with Crippen molar-refractivity contribution in [3.05, 3.63) is 53.6 Å². The highest BCUT2D eigenvalue weighted by molar-refractivity contribution is 7.96. The summed E-state index contributed by atoms with van der Waals surface area (Å²) >= 11 is 7.97. The van der Waals surface area contributed by atoms with Crippen molar-refractivity contribution in [2.75, 3.05) is 26.4 Å². The highest BCUT2D eigenvalue weighted by atomic mass is 35.5. The molecule has 0 aromatic carbocycles. The Labute approximate surface area is 184 Å². The highest BCUT2D eigenvalue weighted by Crippen LogP contribution is 2.35. The molecule has 1 aliphatic heterocycles. The monoisotopic (exact) mass is 446 g/mol. The Morgan fingerprint density at radius 2 is 2.03 bits per heavy atom. The molecule has 0 bridgehead atoms. The molecule has 3 heterocycles. The van der Waals surface area contributed by atoms with Crippen molar-refractivity contribution in [2.24, 2.45) is 0 Å². The van der Waals surface area contributed by atoms with Gasteiger partial charge in [0.15, 0.2) is 0 Å². The van der Waals surface area contributed by atoms with E-state index in [1.165, 1.54) is 19.5 Å². The minimum Gasteiger partial charge on any atom is -0.354 e. The highest BCUT2D eigenvalue weighted by Gasteiger charge is 2.34. The molecule has 2 aromatic rings. The zero-order valence-corrected chi connectivity index (χ0v) is 18.6. The van der Waals surface area contributed by atoms with E-state index < -0.39 is 0 Å². The first-order chi connectivity index (χ1) is 14.4. The van der Waals surface area contributed by atoms with E-state index in [0.717, 1.165) is 5.56 Å². The number of piperazine rings is 1. The number of hydrogen-bond donors (Lipinski definition) is 1. The summed E-state index contributed by atoms with van der Waals surface area (Å²) in [4.78, 5) is 38.6. The molecule has 0 radical (unpaired) electrons. The Morgan fingerprint density at radius 3 is 2.70 bits per heavy atom. The summed E-state index contributed by atoms with van der Waals surface area (Å²) in [7, 11) is 1.54. The maximum Gasteiger partial charge on any atom is 0.269 e. The molecule has 158 valence electrons. The lowest BCUT2D eigenvalue weighted by Gasteiger charge is -2.44. The number of rotatable bonds is 5. The van der Waals surface area contributed by atoms with Crippen LogP contribution in [0, 0.1) is 0 Å². The second-order valence-electron chi connectivity index (χ2n) is 6.83. The first-order valence-electron chi connectivity index (χ1n) is 9.33. The van der Waals surface area contributed by atoms with Crippen LogP contribution in [0.25, 0.3) is 11.4 Å². The SMILES string of the molecule is C=CC(=O)N1CC(c2cc(Cl)nc(-c3cc(C(=O)NC)ncn3)c2)N(SC)[C@H](C)C1. The first kappa shape index (κ1) is 22.2. The summed E-state index contributed by atoms with van der Waals surface area (Å²) in [6, 6.07) is 5.31. The Balaban J connectivity index is 2.02. The third-order valence-electron chi connectivity index (χ3n) is 4.91. The largest absolute Gasteiger partial charge is 0.354 e. The number of nitrogens with one attached hydrogen (secondary N) is 1. The molecule has 10 heteroatoms. The van der Waals surface area contributed by atoms with Crippen LogP contribution < -0.4 is 5.32 Å². The Kier molecular flexibility index (Phi) is 7.06. The van der Waals surface area contributed by atoms with Gasteiger partial charge in [0.05, 0.1) is 17.4 Å². The fourth-order valence-corrected chi connectivity index (χ4v) is 4.62. The van der Waals surface area contributed by atoms with Crippen molar-refractivity contribution in [1.82, 2.24) is 29.5 Å². The van der Waals surface area contributed by atoms with Crippen LogP contribution in [-0.4, -0.2) is 68.4 Å². The summed E-state index contributed by atoms with van der Waals surface area (Å²) in [6.07, 6.45) is 4.67. The number of carbonyl (C=O) groups is 2. The predicted molar refractivity (Wildman–Crippen MR) is 118 cm³/mol. The van der Waals surface area contributed by atoms with Gasteiger partial charge in [-0.3, -0.25) is 9.59 Å². The molecule has 8 nitrogen and oxygen atoms in total. The molecule has 2 atom stereocenters. The van der Waals surface area contributed by atoms with Crippen LogP contribution in [0.4, 0.5) is 0 Å². The fourth-order valence-electron chi connectivity index (χ4n) is 3.53. The zero-order valence-electron chi connectivity index (χ0n) is 17.0. The van der Waals surface area contributed by atoms with E-state index in [1.807, 2.05) is 12.3 Å². The number of carbonyl (C=O) groups excluding carboxylic acids is 2. The van der Waals surface area contributed by atoms with Crippen LogP contribution in [0.3, 0.4) is 0 Å². The molecule has 0 spiro atoms. The van der Waals surface area contributed by atoms with Crippen LogP contribution in [0.1, 0.15) is 29.0 Å². The number of halogens is 1. The molecule has 1 N–H and O–H groups in total. The molecular formula is C20H23ClN6O2S. The second-order valence-corrected chi connectivity index (χ2v) is 8.00. The van der Waals surface area contributed by atoms with Crippen molar-refractivity contribution in [2.45, 2.75) is 19.0 Å². The van der Waals surface area contributed by atoms with Gasteiger partial charge >= 0.3 is 0 Å². The Bertz CT molecular complexity index is 972. The van der Waals surface area contributed by atoms with Crippen molar-refractivity contribution >= 4 is 35.4 Å². The van der Waals surface area contributed by atoms with Gasteiger partial charge in [-0.1, -0.05) is 30.1 Å². The average Bonchev–Trinajstić information content (AvgIpc) is 2.77. The van der Waals surface area contributed by atoms with Gasteiger partial charge < -0.3 is 10.2 Å². The van der Waals surface area contributed by atoms with E-state index in [9.17, 15) is 9.59 Å². The van der Waals surface area contributed by atoms with Crippen molar-refractivity contribution in [3.8, 4) is 11.4 Å². The minimum atomic E-state index is -0.311. The quantitative estimate of drug-likeness (QED) is 0.428. The van der Waals surface area contributed by atoms with Gasteiger partial charge in [0.1, 0.15) is 17.2 Å². The molecule has 0 aliphatic carbocycles. The van der Waals surface area contributed by atoms with Crippen molar-refractivity contribution in [3.63, 3.8) is 0 Å². The van der Waals surface area contributed by atoms with Gasteiger partial charge in [-0.25, -0.2) is 19.3 Å². The van der Waals surface area contributed by atoms with Crippen LogP contribution in [-0.2, 0) is 4.79 Å². The standard InChI is InChI=1S/C20H23ClN6O2S/c1-5-19(28)26-9-12(2)27(30-4)17(10-26)13-6-15(25-18(21)7-13)14-8-16(20(29)22-3)24-11-23-14/h5-8,11-12,17H,1,9-10H2,2-4H3,(H,22,29)/t12-,17?/m1/s1. The summed E-state index contributed by atoms with van der Waals surface area (Å²) in [5.41, 5.74) is 2.18. The molecule has 2 aromatic heterocycles. The third-order valence-corrected chi connectivity index (χ3v) is 6.14. The topological polar surface area (TPSA) is 91.3 Å². The summed E-state index contributed by atoms with van der Waals surface area (Å²) in [5, 5.41) is 2.85. The average molecular weight is 447 g/mol. The van der Waals surface area contributed by atoms with Crippen molar-refractivity contribution < 1.29 is 9.59 Å². The van der Waals surface area contributed by atoms with E-state index in [2.05, 4.69) is 38.1 Å². The van der Waals surface area contributed by atoms with Crippen LogP contribution in [0.15, 0.2) is 37.2 Å². The molecule has 2 amide bonds. The lowest BCUT2D eigenvalue weighted by atomic mass is 10.0. The predicted octanol–water partition coefficient (Wildman–Crippen LogP) is 2.59. The van der Waals surface area contributed by atoms with Gasteiger partial charge in [-0.15, -0.1) is 0 Å². The number of pyridine rings is 1. The molecule has 1 saturated heterocycles. The smallest absolute Gasteiger partial charge is 0.269 e. The number of nitrogens with zero attached hydrogens (tertiary/aromatic N) is 5. The van der Waals surface area contributed by atoms with Gasteiger partial charge in [0.2, 0.25) is 5.91 Å². The van der Waals surface area contributed by atoms with Crippen LogP contribution in [0.5, 0.6) is 0 Å². The van der Waals surface area contributed by atoms with E-state index in [1.54, 1.807) is 29.0 Å². The summed E-state index contributed by atoms with van der Waals surface area (Å²) in [5.74, 6) is -0.409. The van der Waals surface area contributed by atoms with Gasteiger partial charge in [-0.2, -0.15) is 0 Å². The number of amides is 2. The number of hydrogen-bond acceptors (Lipinski definition) is 7. The fraction of sp³-hybridized carbons (Fsp3) is 0.350. The molecule has 3 rings (SSSR count). The van der Waals surface area contributed by atoms with Gasteiger partial charge in [-0.05, 0) is 43.0 Å². The van der Waals surface area contributed by atoms with Gasteiger partial charge in [0.25, 0.3) is 5.91 Å². The van der Waals surface area contributed by atoms with E-state index in [4.69, 9.17) is 11.6 Å². The summed E-state index contributed by atoms with van der Waals surface area (Å²) in [6.45, 7) is 6.81. The Hall–Kier alpha value is -2.49. The van der Waals surface area contributed by atoms with Crippen LogP contribution in [0.2, 0.25) is 5.15 Å². The van der Waals surface area contributed by atoms with Crippen LogP contribution >= 0.6 is 23.5 Å². The van der Waals surface area contributed by atoms with Crippen molar-refractivity contribution in [1.29, 1.82) is 0 Å². The van der Waals surface area contributed by atoms with E-state index in [-0.39, 0.29) is 29.6 Å². The molecule has 30 heavy (non-hydrogen) atoms. The maximum atomic E-state index is 12.3. The Morgan fingerprint density at radius 1 is 1.27 bits per heavy atom. The van der Waals surface area contributed by atoms with E-state index >= 15 is 0 Å². The molecular weight excluding hydrogens is 424 g/mol. The molecule has 0 saturated carbocycles.